The normalized spacial score (nSPS) is 31.8. The summed E-state index contributed by atoms with van der Waals surface area (Å²) in [4.78, 5) is 25.0. The van der Waals surface area contributed by atoms with Crippen molar-refractivity contribution in [2.45, 2.75) is 29.8 Å². The molecule has 4 atom stereocenters. The zero-order chi connectivity index (χ0) is 13.4. The Morgan fingerprint density at radius 2 is 2.06 bits per heavy atom. The molecule has 0 unspecified atom stereocenters. The van der Waals surface area contributed by atoms with Crippen LogP contribution in [-0.4, -0.2) is 48.9 Å². The van der Waals surface area contributed by atoms with E-state index in [1.54, 1.807) is 6.92 Å². The molecule has 0 aliphatic carbocycles. The molecule has 0 saturated carbocycles. The summed E-state index contributed by atoms with van der Waals surface area (Å²) >= 11 is 1.10. The predicted octanol–water partition coefficient (Wildman–Crippen LogP) is -1.83. The minimum absolute atomic E-state index is 0.295. The third-order valence-corrected chi connectivity index (χ3v) is 4.50. The van der Waals surface area contributed by atoms with E-state index in [1.165, 1.54) is 10.8 Å². The summed E-state index contributed by atoms with van der Waals surface area (Å²) in [6, 6.07) is 0. The molecule has 1 saturated heterocycles. The molecule has 0 spiro atoms. The second-order valence-electron chi connectivity index (χ2n) is 4.21. The standard InChI is InChI=1S/C10H14N2O5S/c1-4-2-12(10(17)11-8(4)16)9-7(15)6(14)5(3-13)18-9/h2,5-7,9,13-15H,3H2,1H3,(H,11,16,17)/t5-,6-,7+,9-/m0/s1. The van der Waals surface area contributed by atoms with Gasteiger partial charge >= 0.3 is 5.69 Å². The number of aromatic nitrogens is 2. The number of nitrogens with one attached hydrogen (secondary N) is 1. The lowest BCUT2D eigenvalue weighted by Crippen LogP contribution is -2.38. The van der Waals surface area contributed by atoms with E-state index in [0.29, 0.717) is 5.56 Å². The molecule has 100 valence electrons. The van der Waals surface area contributed by atoms with Gasteiger partial charge in [0.25, 0.3) is 5.56 Å². The van der Waals surface area contributed by atoms with Crippen molar-refractivity contribution in [1.82, 2.24) is 9.55 Å². The van der Waals surface area contributed by atoms with Crippen LogP contribution in [0.25, 0.3) is 0 Å². The minimum Gasteiger partial charge on any atom is -0.395 e. The highest BCUT2D eigenvalue weighted by Crippen LogP contribution is 2.40. The molecular formula is C10H14N2O5S. The Kier molecular flexibility index (Phi) is 3.62. The Balaban J connectivity index is 2.42. The van der Waals surface area contributed by atoms with Crippen LogP contribution >= 0.6 is 11.8 Å². The zero-order valence-electron chi connectivity index (χ0n) is 9.61. The number of H-pyrrole nitrogens is 1. The van der Waals surface area contributed by atoms with Crippen LogP contribution in [0.1, 0.15) is 10.9 Å². The van der Waals surface area contributed by atoms with Crippen molar-refractivity contribution in [2.24, 2.45) is 0 Å². The van der Waals surface area contributed by atoms with Gasteiger partial charge in [-0.05, 0) is 6.92 Å². The van der Waals surface area contributed by atoms with Gasteiger partial charge in [-0.1, -0.05) is 0 Å². The second kappa shape index (κ2) is 4.88. The highest BCUT2D eigenvalue weighted by Gasteiger charge is 2.43. The summed E-state index contributed by atoms with van der Waals surface area (Å²) in [5.41, 5.74) is -0.787. The van der Waals surface area contributed by atoms with Gasteiger partial charge in [-0.15, -0.1) is 11.8 Å². The van der Waals surface area contributed by atoms with E-state index < -0.39 is 34.1 Å². The van der Waals surface area contributed by atoms with Gasteiger partial charge in [0, 0.05) is 11.8 Å². The van der Waals surface area contributed by atoms with Gasteiger partial charge < -0.3 is 15.3 Å². The van der Waals surface area contributed by atoms with Gasteiger partial charge in [0.2, 0.25) is 0 Å². The largest absolute Gasteiger partial charge is 0.395 e. The van der Waals surface area contributed by atoms with Crippen molar-refractivity contribution in [3.63, 3.8) is 0 Å². The number of aliphatic hydroxyl groups excluding tert-OH is 3. The zero-order valence-corrected chi connectivity index (χ0v) is 10.4. The Morgan fingerprint density at radius 1 is 1.39 bits per heavy atom. The number of aryl methyl sites for hydroxylation is 1. The number of hydrogen-bond acceptors (Lipinski definition) is 6. The van der Waals surface area contributed by atoms with Crippen LogP contribution in [-0.2, 0) is 0 Å². The van der Waals surface area contributed by atoms with Crippen molar-refractivity contribution >= 4 is 11.8 Å². The van der Waals surface area contributed by atoms with Crippen LogP contribution in [0.4, 0.5) is 0 Å². The molecule has 2 heterocycles. The molecule has 0 amide bonds. The van der Waals surface area contributed by atoms with Crippen molar-refractivity contribution in [3.8, 4) is 0 Å². The number of rotatable bonds is 2. The van der Waals surface area contributed by atoms with Crippen molar-refractivity contribution in [3.05, 3.63) is 32.6 Å². The fourth-order valence-corrected chi connectivity index (χ4v) is 3.26. The smallest absolute Gasteiger partial charge is 0.329 e. The van der Waals surface area contributed by atoms with E-state index in [1.807, 2.05) is 0 Å². The Labute approximate surface area is 106 Å². The molecule has 1 aliphatic rings. The lowest BCUT2D eigenvalue weighted by Gasteiger charge is -2.17. The average molecular weight is 274 g/mol. The van der Waals surface area contributed by atoms with Crippen LogP contribution in [0.3, 0.4) is 0 Å². The van der Waals surface area contributed by atoms with Crippen LogP contribution in [0.15, 0.2) is 15.8 Å². The van der Waals surface area contributed by atoms with E-state index >= 15 is 0 Å². The SMILES string of the molecule is Cc1cn([C@H]2S[C@@H](CO)[C@H](O)[C@H]2O)c(=O)[nH]c1=O. The van der Waals surface area contributed by atoms with Crippen LogP contribution in [0.2, 0.25) is 0 Å². The van der Waals surface area contributed by atoms with Crippen molar-refractivity contribution in [2.75, 3.05) is 6.61 Å². The maximum atomic E-state index is 11.7. The number of hydrogen-bond donors (Lipinski definition) is 4. The summed E-state index contributed by atoms with van der Waals surface area (Å²) in [6.07, 6.45) is -0.937. The van der Waals surface area contributed by atoms with Crippen molar-refractivity contribution < 1.29 is 15.3 Å². The van der Waals surface area contributed by atoms with Crippen LogP contribution in [0.5, 0.6) is 0 Å². The minimum atomic E-state index is -1.17. The van der Waals surface area contributed by atoms with E-state index in [9.17, 15) is 19.8 Å². The molecule has 18 heavy (non-hydrogen) atoms. The third kappa shape index (κ3) is 2.12. The molecule has 1 aromatic rings. The molecule has 1 fully saturated rings. The molecule has 8 heteroatoms. The van der Waals surface area contributed by atoms with Crippen LogP contribution < -0.4 is 11.2 Å². The average Bonchev–Trinajstić information content (AvgIpc) is 2.61. The maximum absolute atomic E-state index is 11.7. The van der Waals surface area contributed by atoms with E-state index in [0.717, 1.165) is 11.8 Å². The first-order valence-corrected chi connectivity index (χ1v) is 6.34. The summed E-state index contributed by atoms with van der Waals surface area (Å²) < 4.78 is 1.17. The molecule has 4 N–H and O–H groups in total. The third-order valence-electron chi connectivity index (χ3n) is 2.94. The summed E-state index contributed by atoms with van der Waals surface area (Å²) in [5.74, 6) is 0. The topological polar surface area (TPSA) is 116 Å². The first-order chi connectivity index (χ1) is 8.45. The van der Waals surface area contributed by atoms with Gasteiger partial charge in [0.1, 0.15) is 11.5 Å². The summed E-state index contributed by atoms with van der Waals surface area (Å²) in [6.45, 7) is 1.25. The maximum Gasteiger partial charge on any atom is 0.329 e. The van der Waals surface area contributed by atoms with Gasteiger partial charge in [0.15, 0.2) is 0 Å². The summed E-state index contributed by atoms with van der Waals surface area (Å²) in [7, 11) is 0. The van der Waals surface area contributed by atoms with Gasteiger partial charge in [-0.3, -0.25) is 14.3 Å². The Bertz CT molecular complexity index is 554. The Hall–Kier alpha value is -1.09. The molecule has 1 aliphatic heterocycles. The molecular weight excluding hydrogens is 260 g/mol. The molecule has 2 rings (SSSR count). The van der Waals surface area contributed by atoms with Gasteiger partial charge in [-0.2, -0.15) is 0 Å². The fourth-order valence-electron chi connectivity index (χ4n) is 1.88. The lowest BCUT2D eigenvalue weighted by atomic mass is 10.1. The first-order valence-electron chi connectivity index (χ1n) is 5.40. The molecule has 0 radical (unpaired) electrons. The van der Waals surface area contributed by atoms with Crippen molar-refractivity contribution in [1.29, 1.82) is 0 Å². The highest BCUT2D eigenvalue weighted by atomic mass is 32.2. The highest BCUT2D eigenvalue weighted by molar-refractivity contribution is 8.00. The number of aliphatic hydroxyl groups is 3. The molecule has 0 bridgehead atoms. The Morgan fingerprint density at radius 3 is 2.61 bits per heavy atom. The predicted molar refractivity (Wildman–Crippen MR) is 65.6 cm³/mol. The first kappa shape index (κ1) is 13.3. The number of thioether (sulfide) groups is 1. The fraction of sp³-hybridized carbons (Fsp3) is 0.600. The van der Waals surface area contributed by atoms with Gasteiger partial charge in [0.05, 0.1) is 18.0 Å². The molecule has 1 aromatic heterocycles. The number of nitrogens with zero attached hydrogens (tertiary/aromatic N) is 1. The van der Waals surface area contributed by atoms with E-state index in [4.69, 9.17) is 5.11 Å². The number of aromatic amines is 1. The van der Waals surface area contributed by atoms with Gasteiger partial charge in [-0.25, -0.2) is 4.79 Å². The summed E-state index contributed by atoms with van der Waals surface area (Å²) in [5, 5.41) is 27.3. The van der Waals surface area contributed by atoms with E-state index in [2.05, 4.69) is 4.98 Å². The monoisotopic (exact) mass is 274 g/mol. The quantitative estimate of drug-likeness (QED) is 0.504. The molecule has 7 nitrogen and oxygen atoms in total. The lowest BCUT2D eigenvalue weighted by molar-refractivity contribution is 0.0101. The molecule has 0 aromatic carbocycles. The van der Waals surface area contributed by atoms with E-state index in [-0.39, 0.29) is 6.61 Å². The van der Waals surface area contributed by atoms with Crippen LogP contribution in [0, 0.1) is 6.92 Å². The second-order valence-corrected chi connectivity index (χ2v) is 5.57.